The zero-order valence-electron chi connectivity index (χ0n) is 12.5. The molecule has 0 bridgehead atoms. The van der Waals surface area contributed by atoms with E-state index < -0.39 is 6.10 Å². The van der Waals surface area contributed by atoms with E-state index in [1.807, 2.05) is 9.80 Å². The quantitative estimate of drug-likeness (QED) is 0.797. The van der Waals surface area contributed by atoms with Crippen LogP contribution in [0.25, 0.3) is 0 Å². The highest BCUT2D eigenvalue weighted by Gasteiger charge is 2.24. The maximum absolute atomic E-state index is 10.3. The molecule has 0 unspecified atom stereocenters. The predicted octanol–water partition coefficient (Wildman–Crippen LogP) is 0.0130. The summed E-state index contributed by atoms with van der Waals surface area (Å²) in [5.74, 6) is 1.67. The number of hydrogen-bond donors (Lipinski definition) is 2. The third-order valence-corrected chi connectivity index (χ3v) is 3.71. The van der Waals surface area contributed by atoms with E-state index in [9.17, 15) is 10.4 Å². The molecule has 1 aliphatic rings. The van der Waals surface area contributed by atoms with Crippen LogP contribution in [0.4, 0.5) is 17.5 Å². The minimum absolute atomic E-state index is 0.391. The lowest BCUT2D eigenvalue weighted by Gasteiger charge is -2.23. The van der Waals surface area contributed by atoms with Crippen LogP contribution in [-0.2, 0) is 0 Å². The van der Waals surface area contributed by atoms with Crippen molar-refractivity contribution in [2.45, 2.75) is 6.10 Å². The number of nitrogens with zero attached hydrogens (tertiary/aromatic N) is 6. The first-order valence-electron chi connectivity index (χ1n) is 7.28. The maximum atomic E-state index is 10.3. The monoisotopic (exact) mass is 311 g/mol. The smallest absolute Gasteiger partial charge is 0.146 e. The highest BCUT2D eigenvalue weighted by atomic mass is 16.3. The molecule has 2 aromatic rings. The van der Waals surface area contributed by atoms with Gasteiger partial charge in [-0.15, -0.1) is 0 Å². The molecule has 3 rings (SSSR count). The molecule has 1 saturated heterocycles. The van der Waals surface area contributed by atoms with Crippen molar-refractivity contribution in [2.75, 3.05) is 41.7 Å². The van der Waals surface area contributed by atoms with Crippen molar-refractivity contribution >= 4 is 17.5 Å². The van der Waals surface area contributed by atoms with E-state index in [0.717, 1.165) is 0 Å². The van der Waals surface area contributed by atoms with Crippen LogP contribution >= 0.6 is 0 Å². The topological polar surface area (TPSA) is 115 Å². The molecule has 1 aliphatic heterocycles. The van der Waals surface area contributed by atoms with Crippen LogP contribution in [0.2, 0.25) is 0 Å². The largest absolute Gasteiger partial charge is 0.389 e. The number of aliphatic hydroxyl groups excluding tert-OH is 1. The van der Waals surface area contributed by atoms with Crippen LogP contribution in [0.1, 0.15) is 5.56 Å². The number of β-amino-alcohol motifs (C(OH)–C–C–N with tert-alkyl or cyclic N) is 1. The first kappa shape index (κ1) is 15.0. The molecule has 3 N–H and O–H groups in total. The second-order valence-electron chi connectivity index (χ2n) is 5.33. The van der Waals surface area contributed by atoms with Crippen LogP contribution in [0.3, 0.4) is 0 Å². The van der Waals surface area contributed by atoms with Gasteiger partial charge in [0, 0.05) is 38.4 Å². The Kier molecular flexibility index (Phi) is 4.21. The van der Waals surface area contributed by atoms with Crippen LogP contribution in [0, 0.1) is 11.3 Å². The lowest BCUT2D eigenvalue weighted by atomic mass is 10.2. The molecule has 0 amide bonds. The van der Waals surface area contributed by atoms with Crippen LogP contribution in [0.15, 0.2) is 30.7 Å². The Hall–Kier alpha value is -2.92. The fourth-order valence-corrected chi connectivity index (χ4v) is 2.66. The Labute approximate surface area is 133 Å². The minimum Gasteiger partial charge on any atom is -0.389 e. The zero-order chi connectivity index (χ0) is 16.2. The number of nitrogens with two attached hydrogens (primary N) is 1. The van der Waals surface area contributed by atoms with Crippen molar-refractivity contribution in [3.63, 3.8) is 0 Å². The van der Waals surface area contributed by atoms with Gasteiger partial charge in [0.15, 0.2) is 0 Å². The van der Waals surface area contributed by atoms with Crippen molar-refractivity contribution < 1.29 is 5.11 Å². The van der Waals surface area contributed by atoms with Crippen molar-refractivity contribution in [3.05, 3.63) is 36.3 Å². The maximum Gasteiger partial charge on any atom is 0.146 e. The fraction of sp³-hybridized carbons (Fsp3) is 0.333. The van der Waals surface area contributed by atoms with Crippen molar-refractivity contribution in [1.29, 1.82) is 5.26 Å². The fourth-order valence-electron chi connectivity index (χ4n) is 2.66. The minimum atomic E-state index is -0.595. The van der Waals surface area contributed by atoms with Gasteiger partial charge in [-0.3, -0.25) is 0 Å². The van der Waals surface area contributed by atoms with E-state index in [-0.39, 0.29) is 0 Å². The standard InChI is InChI=1S/C15H17N7O/c16-7-11-2-1-3-18-15(11)22-5-4-21(8-12(23)9-22)14-6-13(17)19-10-20-14/h1-3,6,10,12,23H,4-5,8-9H2,(H2,17,19,20)/t12-/m0/s1. The van der Waals surface area contributed by atoms with Gasteiger partial charge in [-0.1, -0.05) is 0 Å². The van der Waals surface area contributed by atoms with E-state index in [1.54, 1.807) is 24.4 Å². The number of pyridine rings is 1. The van der Waals surface area contributed by atoms with Gasteiger partial charge in [-0.2, -0.15) is 5.26 Å². The van der Waals surface area contributed by atoms with Crippen LogP contribution in [-0.4, -0.2) is 52.3 Å². The number of anilines is 3. The summed E-state index contributed by atoms with van der Waals surface area (Å²) in [5.41, 5.74) is 6.20. The van der Waals surface area contributed by atoms with Gasteiger partial charge in [-0.05, 0) is 12.1 Å². The van der Waals surface area contributed by atoms with E-state index in [0.29, 0.717) is 49.2 Å². The molecule has 1 atom stereocenters. The summed E-state index contributed by atoms with van der Waals surface area (Å²) < 4.78 is 0. The first-order valence-corrected chi connectivity index (χ1v) is 7.28. The Morgan fingerprint density at radius 3 is 2.78 bits per heavy atom. The number of aromatic nitrogens is 3. The predicted molar refractivity (Wildman–Crippen MR) is 85.8 cm³/mol. The lowest BCUT2D eigenvalue weighted by molar-refractivity contribution is 0.190. The normalized spacial score (nSPS) is 18.3. The van der Waals surface area contributed by atoms with Gasteiger partial charge in [0.1, 0.15) is 29.9 Å². The third kappa shape index (κ3) is 3.30. The molecule has 23 heavy (non-hydrogen) atoms. The molecule has 3 heterocycles. The number of aliphatic hydroxyl groups is 1. The van der Waals surface area contributed by atoms with Gasteiger partial charge in [0.2, 0.25) is 0 Å². The molecular weight excluding hydrogens is 294 g/mol. The molecule has 0 aliphatic carbocycles. The summed E-state index contributed by atoms with van der Waals surface area (Å²) >= 11 is 0. The van der Waals surface area contributed by atoms with E-state index in [4.69, 9.17) is 5.73 Å². The average molecular weight is 311 g/mol. The van der Waals surface area contributed by atoms with Gasteiger partial charge in [-0.25, -0.2) is 15.0 Å². The van der Waals surface area contributed by atoms with Crippen molar-refractivity contribution in [3.8, 4) is 6.07 Å². The van der Waals surface area contributed by atoms with Crippen molar-refractivity contribution in [2.24, 2.45) is 0 Å². The molecule has 0 aromatic carbocycles. The van der Waals surface area contributed by atoms with Gasteiger partial charge >= 0.3 is 0 Å². The Balaban J connectivity index is 1.82. The lowest BCUT2D eigenvalue weighted by Crippen LogP contribution is -2.34. The number of nitriles is 1. The molecule has 118 valence electrons. The molecular formula is C15H17N7O. The third-order valence-electron chi connectivity index (χ3n) is 3.71. The highest BCUT2D eigenvalue weighted by Crippen LogP contribution is 2.20. The number of hydrogen-bond acceptors (Lipinski definition) is 8. The van der Waals surface area contributed by atoms with E-state index in [2.05, 4.69) is 21.0 Å². The summed E-state index contributed by atoms with van der Waals surface area (Å²) in [6.45, 7) is 2.09. The van der Waals surface area contributed by atoms with Crippen LogP contribution in [0.5, 0.6) is 0 Å². The van der Waals surface area contributed by atoms with Crippen molar-refractivity contribution in [1.82, 2.24) is 15.0 Å². The SMILES string of the molecule is N#Cc1cccnc1N1CCN(c2cc(N)ncn2)C[C@H](O)C1. The molecule has 0 spiro atoms. The number of nitrogen functional groups attached to an aromatic ring is 1. The summed E-state index contributed by atoms with van der Waals surface area (Å²) in [6.07, 6.45) is 2.46. The second kappa shape index (κ2) is 6.46. The van der Waals surface area contributed by atoms with E-state index in [1.165, 1.54) is 6.33 Å². The van der Waals surface area contributed by atoms with Gasteiger partial charge in [0.25, 0.3) is 0 Å². The molecule has 0 radical (unpaired) electrons. The average Bonchev–Trinajstić information content (AvgIpc) is 2.76. The molecule has 2 aromatic heterocycles. The highest BCUT2D eigenvalue weighted by molar-refractivity contribution is 5.54. The molecule has 0 saturated carbocycles. The first-order chi connectivity index (χ1) is 11.2. The Morgan fingerprint density at radius 2 is 2.00 bits per heavy atom. The van der Waals surface area contributed by atoms with Gasteiger partial charge in [0.05, 0.1) is 11.7 Å². The Morgan fingerprint density at radius 1 is 1.22 bits per heavy atom. The molecule has 8 nitrogen and oxygen atoms in total. The zero-order valence-corrected chi connectivity index (χ0v) is 12.5. The second-order valence-corrected chi connectivity index (χ2v) is 5.33. The Bertz CT molecular complexity index is 730. The van der Waals surface area contributed by atoms with Gasteiger partial charge < -0.3 is 20.6 Å². The molecule has 8 heteroatoms. The summed E-state index contributed by atoms with van der Waals surface area (Å²) in [4.78, 5) is 16.3. The summed E-state index contributed by atoms with van der Waals surface area (Å²) in [7, 11) is 0. The summed E-state index contributed by atoms with van der Waals surface area (Å²) in [6, 6.07) is 7.28. The number of rotatable bonds is 2. The summed E-state index contributed by atoms with van der Waals surface area (Å²) in [5, 5.41) is 19.5. The molecule has 1 fully saturated rings. The van der Waals surface area contributed by atoms with E-state index >= 15 is 0 Å². The van der Waals surface area contributed by atoms with Crippen LogP contribution < -0.4 is 15.5 Å².